The maximum absolute atomic E-state index is 13.4. The highest BCUT2D eigenvalue weighted by molar-refractivity contribution is 9.10. The maximum Gasteiger partial charge on any atom is 0.275 e. The number of imidazole rings is 1. The first kappa shape index (κ1) is 21.3. The summed E-state index contributed by atoms with van der Waals surface area (Å²) < 4.78 is 0.932. The van der Waals surface area contributed by atoms with Gasteiger partial charge in [0.05, 0.1) is 17.6 Å². The number of halogens is 1. The number of anilines is 1. The van der Waals surface area contributed by atoms with Gasteiger partial charge in [-0.05, 0) is 30.0 Å². The smallest absolute Gasteiger partial charge is 0.275 e. The number of ketones is 1. The fourth-order valence-corrected chi connectivity index (χ4v) is 6.22. The fourth-order valence-electron chi connectivity index (χ4n) is 5.86. The molecule has 0 aliphatic heterocycles. The summed E-state index contributed by atoms with van der Waals surface area (Å²) in [5, 5.41) is 12.3. The van der Waals surface area contributed by atoms with Crippen LogP contribution in [0.4, 0.5) is 5.95 Å². The molecule has 1 aromatic carbocycles. The molecule has 10 nitrogen and oxygen atoms in total. The zero-order valence-electron chi connectivity index (χ0n) is 18.9. The van der Waals surface area contributed by atoms with E-state index in [1.54, 1.807) is 18.6 Å². The van der Waals surface area contributed by atoms with Gasteiger partial charge in [0.1, 0.15) is 11.4 Å². The van der Waals surface area contributed by atoms with Crippen LogP contribution in [0, 0.1) is 0 Å². The molecule has 0 amide bonds. The molecule has 0 spiro atoms. The van der Waals surface area contributed by atoms with E-state index in [0.29, 0.717) is 39.6 Å². The van der Waals surface area contributed by atoms with Crippen molar-refractivity contribution >= 4 is 38.6 Å². The molecule has 7 N–H and O–H groups in total. The highest BCUT2D eigenvalue weighted by Gasteiger charge is 2.56. The number of fused-ring (bicyclic) bond motifs is 7. The van der Waals surface area contributed by atoms with E-state index in [1.165, 1.54) is 0 Å². The van der Waals surface area contributed by atoms with Crippen molar-refractivity contribution in [3.63, 3.8) is 0 Å². The summed E-state index contributed by atoms with van der Waals surface area (Å²) in [7, 11) is 0. The molecule has 11 heteroatoms. The minimum atomic E-state index is -1.75. The topological polar surface area (TPSA) is 169 Å². The van der Waals surface area contributed by atoms with Crippen LogP contribution in [-0.2, 0) is 5.60 Å². The number of aromatic amines is 4. The van der Waals surface area contributed by atoms with Crippen LogP contribution in [0.5, 0.6) is 0 Å². The molecular weight excluding hydrogens is 526 g/mol. The van der Waals surface area contributed by atoms with Gasteiger partial charge in [-0.15, -0.1) is 0 Å². The Labute approximate surface area is 211 Å². The summed E-state index contributed by atoms with van der Waals surface area (Å²) in [6.45, 7) is 2.01. The number of aliphatic hydroxyl groups is 1. The Morgan fingerprint density at radius 3 is 2.78 bits per heavy atom. The molecule has 0 fully saturated rings. The third kappa shape index (κ3) is 2.69. The monoisotopic (exact) mass is 545 g/mol. The van der Waals surface area contributed by atoms with Gasteiger partial charge < -0.3 is 30.8 Å². The van der Waals surface area contributed by atoms with Crippen molar-refractivity contribution < 1.29 is 9.90 Å². The highest BCUT2D eigenvalue weighted by atomic mass is 79.9. The first-order valence-corrected chi connectivity index (χ1v) is 12.3. The minimum Gasteiger partial charge on any atom is -0.375 e. The third-order valence-electron chi connectivity index (χ3n) is 7.59. The van der Waals surface area contributed by atoms with E-state index in [2.05, 4.69) is 45.8 Å². The highest BCUT2D eigenvalue weighted by Crippen LogP contribution is 2.55. The van der Waals surface area contributed by atoms with Crippen molar-refractivity contribution in [3.8, 4) is 22.5 Å². The Bertz CT molecular complexity index is 1790. The number of nitrogens with two attached hydrogens (primary N) is 1. The summed E-state index contributed by atoms with van der Waals surface area (Å²) in [6.07, 6.45) is 5.24. The summed E-state index contributed by atoms with van der Waals surface area (Å²) in [5.41, 5.74) is 8.84. The molecule has 3 atom stereocenters. The van der Waals surface area contributed by atoms with E-state index in [9.17, 15) is 14.7 Å². The van der Waals surface area contributed by atoms with Crippen LogP contribution in [0.2, 0.25) is 0 Å². The molecule has 0 saturated carbocycles. The van der Waals surface area contributed by atoms with E-state index in [0.717, 1.165) is 20.9 Å². The summed E-state index contributed by atoms with van der Waals surface area (Å²) in [6, 6.07) is 5.78. The molecule has 4 aromatic heterocycles. The van der Waals surface area contributed by atoms with Gasteiger partial charge in [0.15, 0.2) is 11.5 Å². The lowest BCUT2D eigenvalue weighted by Gasteiger charge is -2.42. The second kappa shape index (κ2) is 7.05. The average molecular weight is 546 g/mol. The third-order valence-corrected chi connectivity index (χ3v) is 8.08. The Morgan fingerprint density at radius 1 is 1.17 bits per heavy atom. The lowest BCUT2D eigenvalue weighted by Crippen LogP contribution is -2.46. The molecule has 0 unspecified atom stereocenters. The van der Waals surface area contributed by atoms with Crippen LogP contribution in [0.25, 0.3) is 33.4 Å². The van der Waals surface area contributed by atoms with Crippen LogP contribution >= 0.6 is 15.9 Å². The molecule has 180 valence electrons. The summed E-state index contributed by atoms with van der Waals surface area (Å²) >= 11 is 3.46. The van der Waals surface area contributed by atoms with Crippen molar-refractivity contribution in [2.24, 2.45) is 0 Å². The maximum atomic E-state index is 13.4. The quantitative estimate of drug-likeness (QED) is 0.197. The molecule has 0 radical (unpaired) electrons. The number of nitrogen functional groups attached to an aromatic ring is 1. The predicted molar refractivity (Wildman–Crippen MR) is 137 cm³/mol. The van der Waals surface area contributed by atoms with Crippen molar-refractivity contribution in [3.05, 3.63) is 74.3 Å². The number of carbonyl (C=O) groups is 1. The fraction of sp³-hybridized carbons (Fsp3) is 0.200. The van der Waals surface area contributed by atoms with Gasteiger partial charge in [-0.25, -0.2) is 9.97 Å². The number of aromatic nitrogens is 6. The lowest BCUT2D eigenvalue weighted by molar-refractivity contribution is 0.00708. The molecule has 36 heavy (non-hydrogen) atoms. The number of hydrogen-bond acceptors (Lipinski definition) is 6. The van der Waals surface area contributed by atoms with Gasteiger partial charge in [-0.2, -0.15) is 0 Å². The summed E-state index contributed by atoms with van der Waals surface area (Å²) in [4.78, 5) is 47.5. The van der Waals surface area contributed by atoms with E-state index < -0.39 is 11.4 Å². The van der Waals surface area contributed by atoms with Crippen LogP contribution in [0.15, 0.2) is 46.1 Å². The molecule has 2 aliphatic carbocycles. The van der Waals surface area contributed by atoms with Gasteiger partial charge in [-0.3, -0.25) is 9.59 Å². The standard InChI is InChI=1S/C25H20BrN7O3/c1-9-12-5-25(36,21-18(9)32-24(27)33-21)22(34)20-17(12)14(7-29-20)16-8-30-19(23(35)31-16)13-6-28-15-4-10(26)2-3-11(13)15/h2-4,6-9,12,28-29,36H,5H2,1H3,(H,31,35)(H3,27,32,33)/t9-,12+,25+/m1/s1. The lowest BCUT2D eigenvalue weighted by atomic mass is 9.63. The van der Waals surface area contributed by atoms with Gasteiger partial charge in [0, 0.05) is 50.5 Å². The SMILES string of the molecule is C[C@H]1c2[nH]c(N)nc2[C@@]2(O)C[C@@H]1c1c(-c3cnc(-c4c[nH]c5cc(Br)ccc45)c(=O)[nH]3)c[nH]c1C2=O. The largest absolute Gasteiger partial charge is 0.375 e. The van der Waals surface area contributed by atoms with Gasteiger partial charge in [-0.1, -0.05) is 28.9 Å². The van der Waals surface area contributed by atoms with Gasteiger partial charge >= 0.3 is 0 Å². The Balaban J connectivity index is 1.35. The molecule has 2 bridgehead atoms. The number of nitrogens with one attached hydrogen (secondary N) is 4. The second-order valence-corrected chi connectivity index (χ2v) is 10.4. The number of H-pyrrole nitrogens is 4. The van der Waals surface area contributed by atoms with Crippen molar-refractivity contribution in [1.29, 1.82) is 0 Å². The minimum absolute atomic E-state index is 0.0871. The zero-order chi connectivity index (χ0) is 24.9. The van der Waals surface area contributed by atoms with Crippen LogP contribution in [-0.4, -0.2) is 40.8 Å². The number of carbonyl (C=O) groups excluding carboxylic acids is 1. The number of rotatable bonds is 2. The summed E-state index contributed by atoms with van der Waals surface area (Å²) in [5.74, 6) is -0.586. The Kier molecular flexibility index (Phi) is 4.18. The average Bonchev–Trinajstić information content (AvgIpc) is 3.57. The van der Waals surface area contributed by atoms with Gasteiger partial charge in [0.25, 0.3) is 5.56 Å². The van der Waals surface area contributed by atoms with Crippen LogP contribution < -0.4 is 11.3 Å². The van der Waals surface area contributed by atoms with Gasteiger partial charge in [0.2, 0.25) is 5.78 Å². The molecule has 0 saturated heterocycles. The number of Topliss-reactive ketones (excluding diaryl/α,β-unsaturated/α-hetero) is 1. The molecule has 7 rings (SSSR count). The Hall–Kier alpha value is -3.96. The molecule has 5 aromatic rings. The number of benzene rings is 1. The van der Waals surface area contributed by atoms with Crippen LogP contribution in [0.1, 0.15) is 52.6 Å². The van der Waals surface area contributed by atoms with E-state index in [-0.39, 0.29) is 29.8 Å². The first-order valence-electron chi connectivity index (χ1n) is 11.5. The molecular formula is C25H20BrN7O3. The van der Waals surface area contributed by atoms with Crippen molar-refractivity contribution in [2.75, 3.05) is 5.73 Å². The molecule has 4 heterocycles. The molecule has 2 aliphatic rings. The van der Waals surface area contributed by atoms with E-state index in [4.69, 9.17) is 5.73 Å². The number of hydrogen-bond donors (Lipinski definition) is 6. The van der Waals surface area contributed by atoms with Crippen molar-refractivity contribution in [2.45, 2.75) is 30.8 Å². The van der Waals surface area contributed by atoms with E-state index >= 15 is 0 Å². The van der Waals surface area contributed by atoms with Crippen LogP contribution in [0.3, 0.4) is 0 Å². The second-order valence-electron chi connectivity index (χ2n) is 9.53. The first-order chi connectivity index (χ1) is 17.3. The zero-order valence-corrected chi connectivity index (χ0v) is 20.5. The van der Waals surface area contributed by atoms with Crippen molar-refractivity contribution in [1.82, 2.24) is 29.9 Å². The predicted octanol–water partition coefficient (Wildman–Crippen LogP) is 3.66. The Morgan fingerprint density at radius 2 is 1.97 bits per heavy atom. The normalized spacial score (nSPS) is 22.6. The number of nitrogens with zero attached hydrogens (tertiary/aromatic N) is 2. The van der Waals surface area contributed by atoms with E-state index in [1.807, 2.05) is 25.1 Å².